The van der Waals surface area contributed by atoms with Gasteiger partial charge in [-0.15, -0.1) is 0 Å². The summed E-state index contributed by atoms with van der Waals surface area (Å²) in [6.45, 7) is 8.13. The standard InChI is InChI=1S/C28H33BrN2O3/c1-5-20(4)30-28(33)24(6-2)31(17-22-13-8-7-11-19(22)3)26(32)18-34-25-16-15-21-12-9-10-14-23(21)27(25)29/h7-16,20,24H,5-6,17-18H2,1-4H3,(H,30,33)/t20-,24-/m1/s1. The summed E-state index contributed by atoms with van der Waals surface area (Å²) in [7, 11) is 0. The molecule has 2 amide bonds. The Morgan fingerprint density at radius 3 is 2.41 bits per heavy atom. The van der Waals surface area contributed by atoms with Crippen LogP contribution in [0.25, 0.3) is 10.8 Å². The van der Waals surface area contributed by atoms with Gasteiger partial charge in [-0.25, -0.2) is 0 Å². The first kappa shape index (κ1) is 25.8. The molecule has 0 saturated carbocycles. The molecule has 0 radical (unpaired) electrons. The lowest BCUT2D eigenvalue weighted by molar-refractivity contribution is -0.143. The van der Waals surface area contributed by atoms with E-state index in [9.17, 15) is 9.59 Å². The van der Waals surface area contributed by atoms with E-state index in [0.717, 1.165) is 32.8 Å². The molecule has 34 heavy (non-hydrogen) atoms. The molecule has 0 saturated heterocycles. The number of aryl methyl sites for hydroxylation is 1. The van der Waals surface area contributed by atoms with E-state index >= 15 is 0 Å². The molecule has 0 bridgehead atoms. The number of amides is 2. The van der Waals surface area contributed by atoms with E-state index < -0.39 is 6.04 Å². The number of hydrogen-bond donors (Lipinski definition) is 1. The molecule has 0 heterocycles. The van der Waals surface area contributed by atoms with E-state index in [0.29, 0.717) is 18.7 Å². The Morgan fingerprint density at radius 2 is 1.71 bits per heavy atom. The zero-order chi connectivity index (χ0) is 24.7. The van der Waals surface area contributed by atoms with Gasteiger partial charge in [0.25, 0.3) is 5.91 Å². The summed E-state index contributed by atoms with van der Waals surface area (Å²) in [5.74, 6) is 0.236. The van der Waals surface area contributed by atoms with Crippen LogP contribution in [0.4, 0.5) is 0 Å². The molecule has 0 unspecified atom stereocenters. The predicted molar refractivity (Wildman–Crippen MR) is 141 cm³/mol. The van der Waals surface area contributed by atoms with Crippen molar-refractivity contribution in [2.45, 2.75) is 59.2 Å². The van der Waals surface area contributed by atoms with Crippen LogP contribution >= 0.6 is 15.9 Å². The van der Waals surface area contributed by atoms with Gasteiger partial charge in [0.05, 0.1) is 4.47 Å². The van der Waals surface area contributed by atoms with Crippen molar-refractivity contribution in [3.8, 4) is 5.75 Å². The van der Waals surface area contributed by atoms with Gasteiger partial charge in [-0.05, 0) is 70.6 Å². The summed E-state index contributed by atoms with van der Waals surface area (Å²) < 4.78 is 6.77. The van der Waals surface area contributed by atoms with E-state index in [4.69, 9.17) is 4.74 Å². The molecule has 3 aromatic rings. The molecule has 0 aliphatic heterocycles. The van der Waals surface area contributed by atoms with Crippen molar-refractivity contribution in [1.29, 1.82) is 0 Å². The van der Waals surface area contributed by atoms with Gasteiger partial charge >= 0.3 is 0 Å². The maximum Gasteiger partial charge on any atom is 0.261 e. The van der Waals surface area contributed by atoms with E-state index in [1.165, 1.54) is 0 Å². The molecule has 0 spiro atoms. The molecular weight excluding hydrogens is 492 g/mol. The van der Waals surface area contributed by atoms with Crippen LogP contribution in [-0.2, 0) is 16.1 Å². The highest BCUT2D eigenvalue weighted by Crippen LogP contribution is 2.33. The molecule has 6 heteroatoms. The maximum absolute atomic E-state index is 13.5. The summed E-state index contributed by atoms with van der Waals surface area (Å²) in [4.78, 5) is 28.2. The molecule has 1 N–H and O–H groups in total. The van der Waals surface area contributed by atoms with Crippen molar-refractivity contribution in [3.05, 3.63) is 76.3 Å². The molecule has 2 atom stereocenters. The molecule has 0 aliphatic carbocycles. The highest BCUT2D eigenvalue weighted by atomic mass is 79.9. The van der Waals surface area contributed by atoms with E-state index in [1.807, 2.05) is 88.4 Å². The Bertz CT molecular complexity index is 1150. The van der Waals surface area contributed by atoms with Crippen LogP contribution in [0.3, 0.4) is 0 Å². The minimum Gasteiger partial charge on any atom is -0.483 e. The Balaban J connectivity index is 1.84. The SMILES string of the molecule is CC[C@@H](C)NC(=O)[C@@H](CC)N(Cc1ccccc1C)C(=O)COc1ccc2ccccc2c1Br. The molecule has 5 nitrogen and oxygen atoms in total. The second-order valence-electron chi connectivity index (χ2n) is 8.58. The lowest BCUT2D eigenvalue weighted by Crippen LogP contribution is -2.51. The van der Waals surface area contributed by atoms with Crippen LogP contribution in [0, 0.1) is 6.92 Å². The molecule has 0 fully saturated rings. The van der Waals surface area contributed by atoms with Gasteiger partial charge in [-0.3, -0.25) is 9.59 Å². The number of benzene rings is 3. The fraction of sp³-hybridized carbons (Fsp3) is 0.357. The topological polar surface area (TPSA) is 58.6 Å². The quantitative estimate of drug-likeness (QED) is 0.353. The highest BCUT2D eigenvalue weighted by Gasteiger charge is 2.30. The van der Waals surface area contributed by atoms with Crippen molar-refractivity contribution >= 4 is 38.5 Å². The molecular formula is C28H33BrN2O3. The minimum absolute atomic E-state index is 0.0433. The number of rotatable bonds is 10. The van der Waals surface area contributed by atoms with Crippen molar-refractivity contribution in [2.24, 2.45) is 0 Å². The average Bonchev–Trinajstić information content (AvgIpc) is 2.84. The number of halogens is 1. The number of ether oxygens (including phenoxy) is 1. The minimum atomic E-state index is -0.579. The first-order valence-electron chi connectivity index (χ1n) is 11.8. The van der Waals surface area contributed by atoms with Crippen LogP contribution in [0.5, 0.6) is 5.75 Å². The Morgan fingerprint density at radius 1 is 1.00 bits per heavy atom. The molecule has 0 aliphatic rings. The number of nitrogens with one attached hydrogen (secondary N) is 1. The summed E-state index contributed by atoms with van der Waals surface area (Å²) >= 11 is 3.62. The van der Waals surface area contributed by atoms with Gasteiger partial charge in [-0.1, -0.05) is 68.4 Å². The van der Waals surface area contributed by atoms with Crippen molar-refractivity contribution in [3.63, 3.8) is 0 Å². The van der Waals surface area contributed by atoms with Crippen LogP contribution < -0.4 is 10.1 Å². The van der Waals surface area contributed by atoms with Crippen LogP contribution in [0.15, 0.2) is 65.1 Å². The van der Waals surface area contributed by atoms with Gasteiger partial charge in [0.1, 0.15) is 11.8 Å². The van der Waals surface area contributed by atoms with Gasteiger partial charge in [-0.2, -0.15) is 0 Å². The third-order valence-corrected chi connectivity index (χ3v) is 6.99. The maximum atomic E-state index is 13.5. The monoisotopic (exact) mass is 524 g/mol. The number of hydrogen-bond acceptors (Lipinski definition) is 3. The Labute approximate surface area is 210 Å². The van der Waals surface area contributed by atoms with Crippen molar-refractivity contribution < 1.29 is 14.3 Å². The summed E-state index contributed by atoms with van der Waals surface area (Å²) in [5, 5.41) is 5.14. The third kappa shape index (κ3) is 6.17. The number of carbonyl (C=O) groups is 2. The Hall–Kier alpha value is -2.86. The first-order valence-corrected chi connectivity index (χ1v) is 12.6. The van der Waals surface area contributed by atoms with E-state index in [1.54, 1.807) is 4.90 Å². The second kappa shape index (κ2) is 12.0. The molecule has 180 valence electrons. The number of nitrogens with zero attached hydrogens (tertiary/aromatic N) is 1. The summed E-state index contributed by atoms with van der Waals surface area (Å²) in [6, 6.07) is 19.2. The summed E-state index contributed by atoms with van der Waals surface area (Å²) in [5.41, 5.74) is 2.09. The van der Waals surface area contributed by atoms with Crippen LogP contribution in [-0.4, -0.2) is 35.4 Å². The number of carbonyl (C=O) groups excluding carboxylic acids is 2. The Kier molecular flexibility index (Phi) is 9.11. The lowest BCUT2D eigenvalue weighted by atomic mass is 10.1. The zero-order valence-corrected chi connectivity index (χ0v) is 21.9. The fourth-order valence-electron chi connectivity index (χ4n) is 3.88. The zero-order valence-electron chi connectivity index (χ0n) is 20.3. The van der Waals surface area contributed by atoms with Gasteiger partial charge < -0.3 is 15.0 Å². The summed E-state index contributed by atoms with van der Waals surface area (Å²) in [6.07, 6.45) is 1.34. The van der Waals surface area contributed by atoms with Crippen LogP contribution in [0.2, 0.25) is 0 Å². The average molecular weight is 525 g/mol. The van der Waals surface area contributed by atoms with Crippen molar-refractivity contribution in [2.75, 3.05) is 6.61 Å². The highest BCUT2D eigenvalue weighted by molar-refractivity contribution is 9.10. The number of fused-ring (bicyclic) bond motifs is 1. The second-order valence-corrected chi connectivity index (χ2v) is 9.37. The van der Waals surface area contributed by atoms with Gasteiger partial charge in [0.2, 0.25) is 5.91 Å². The fourth-order valence-corrected chi connectivity index (χ4v) is 4.49. The predicted octanol–water partition coefficient (Wildman–Crippen LogP) is 6.01. The normalized spacial score (nSPS) is 12.7. The smallest absolute Gasteiger partial charge is 0.261 e. The molecule has 3 aromatic carbocycles. The first-order chi connectivity index (χ1) is 16.3. The van der Waals surface area contributed by atoms with E-state index in [-0.39, 0.29) is 24.5 Å². The third-order valence-electron chi connectivity index (χ3n) is 6.17. The van der Waals surface area contributed by atoms with Gasteiger partial charge in [0, 0.05) is 12.6 Å². The molecule has 0 aromatic heterocycles. The van der Waals surface area contributed by atoms with Crippen molar-refractivity contribution in [1.82, 2.24) is 10.2 Å². The molecule has 3 rings (SSSR count). The lowest BCUT2D eigenvalue weighted by Gasteiger charge is -2.31. The van der Waals surface area contributed by atoms with Crippen LogP contribution in [0.1, 0.15) is 44.7 Å². The largest absolute Gasteiger partial charge is 0.483 e. The van der Waals surface area contributed by atoms with Gasteiger partial charge in [0.15, 0.2) is 6.61 Å². The van der Waals surface area contributed by atoms with E-state index in [2.05, 4.69) is 21.2 Å².